The van der Waals surface area contributed by atoms with Crippen molar-refractivity contribution < 1.29 is 14.7 Å². The number of nitrogens with zero attached hydrogens (tertiary/aromatic N) is 3. The Morgan fingerprint density at radius 2 is 2.22 bits per heavy atom. The Bertz CT molecular complexity index is 440. The highest BCUT2D eigenvalue weighted by Gasteiger charge is 2.31. The second-order valence-electron chi connectivity index (χ2n) is 4.45. The lowest BCUT2D eigenvalue weighted by Gasteiger charge is -2.28. The maximum atomic E-state index is 11.4. The van der Waals surface area contributed by atoms with Crippen LogP contribution in [-0.4, -0.2) is 38.2 Å². The van der Waals surface area contributed by atoms with E-state index in [1.165, 1.54) is 4.90 Å². The molecule has 1 aromatic heterocycles. The summed E-state index contributed by atoms with van der Waals surface area (Å²) in [4.78, 5) is 23.8. The molecule has 0 aromatic carbocycles. The number of carbonyl (C=O) groups excluding carboxylic acids is 1. The molecule has 0 bridgehead atoms. The smallest absolute Gasteiger partial charge is 0.331 e. The van der Waals surface area contributed by atoms with Crippen molar-refractivity contribution >= 4 is 12.4 Å². The summed E-state index contributed by atoms with van der Waals surface area (Å²) in [6.45, 7) is 5.48. The van der Waals surface area contributed by atoms with Gasteiger partial charge in [-0.25, -0.2) is 4.79 Å². The minimum Gasteiger partial charge on any atom is -0.479 e. The van der Waals surface area contributed by atoms with Crippen molar-refractivity contribution in [1.82, 2.24) is 14.7 Å². The minimum atomic E-state index is -1.04. The normalized spacial score (nSPS) is 12.5. The van der Waals surface area contributed by atoms with Gasteiger partial charge in [0, 0.05) is 24.8 Å². The van der Waals surface area contributed by atoms with Gasteiger partial charge in [0.15, 0.2) is 6.04 Å². The lowest BCUT2D eigenvalue weighted by molar-refractivity contribution is -0.148. The monoisotopic (exact) mass is 253 g/mol. The zero-order chi connectivity index (χ0) is 13.9. The van der Waals surface area contributed by atoms with Crippen molar-refractivity contribution in [1.29, 1.82) is 0 Å². The molecule has 18 heavy (non-hydrogen) atoms. The van der Waals surface area contributed by atoms with Crippen molar-refractivity contribution in [3.63, 3.8) is 0 Å². The van der Waals surface area contributed by atoms with E-state index < -0.39 is 12.0 Å². The second-order valence-corrected chi connectivity index (χ2v) is 4.45. The molecule has 6 nitrogen and oxygen atoms in total. The average Bonchev–Trinajstić information content (AvgIpc) is 2.65. The fourth-order valence-corrected chi connectivity index (χ4v) is 1.96. The highest BCUT2D eigenvalue weighted by Crippen LogP contribution is 2.25. The van der Waals surface area contributed by atoms with Crippen molar-refractivity contribution in [2.45, 2.75) is 39.3 Å². The van der Waals surface area contributed by atoms with E-state index in [0.717, 1.165) is 0 Å². The quantitative estimate of drug-likeness (QED) is 0.767. The molecule has 1 atom stereocenters. The molecule has 1 unspecified atom stereocenters. The van der Waals surface area contributed by atoms with Crippen molar-refractivity contribution in [2.24, 2.45) is 7.05 Å². The summed E-state index contributed by atoms with van der Waals surface area (Å²) < 4.78 is 1.58. The van der Waals surface area contributed by atoms with Gasteiger partial charge in [-0.15, -0.1) is 0 Å². The highest BCUT2D eigenvalue weighted by molar-refractivity contribution is 5.78. The Morgan fingerprint density at radius 3 is 2.61 bits per heavy atom. The van der Waals surface area contributed by atoms with E-state index in [4.69, 9.17) is 0 Å². The van der Waals surface area contributed by atoms with Gasteiger partial charge in [0.25, 0.3) is 0 Å². The van der Waals surface area contributed by atoms with Crippen LogP contribution in [-0.2, 0) is 23.1 Å². The number of hydrogen-bond donors (Lipinski definition) is 1. The number of carbonyl (C=O) groups is 2. The van der Waals surface area contributed by atoms with Gasteiger partial charge in [-0.3, -0.25) is 9.48 Å². The number of carboxylic acid groups (broad SMARTS) is 1. The number of carboxylic acids is 1. The predicted molar refractivity (Wildman–Crippen MR) is 66.0 cm³/mol. The molecule has 6 heteroatoms. The molecular weight excluding hydrogens is 234 g/mol. The molecule has 1 rings (SSSR count). The van der Waals surface area contributed by atoms with Crippen LogP contribution in [0.2, 0.25) is 0 Å². The van der Waals surface area contributed by atoms with E-state index in [1.54, 1.807) is 31.8 Å². The van der Waals surface area contributed by atoms with Crippen LogP contribution in [0.4, 0.5) is 0 Å². The fourth-order valence-electron chi connectivity index (χ4n) is 1.96. The maximum Gasteiger partial charge on any atom is 0.331 e. The van der Waals surface area contributed by atoms with Crippen LogP contribution in [0.15, 0.2) is 6.20 Å². The summed E-state index contributed by atoms with van der Waals surface area (Å²) in [6.07, 6.45) is 2.87. The zero-order valence-corrected chi connectivity index (χ0v) is 11.1. The molecule has 0 aliphatic rings. The summed E-state index contributed by atoms with van der Waals surface area (Å²) >= 11 is 0. The largest absolute Gasteiger partial charge is 0.479 e. The molecule has 0 aliphatic carbocycles. The van der Waals surface area contributed by atoms with Crippen LogP contribution in [0, 0.1) is 0 Å². The van der Waals surface area contributed by atoms with Crippen molar-refractivity contribution in [2.75, 3.05) is 0 Å². The van der Waals surface area contributed by atoms with Gasteiger partial charge >= 0.3 is 5.97 Å². The molecule has 100 valence electrons. The summed E-state index contributed by atoms with van der Waals surface area (Å²) in [5.74, 6) is -1.04. The third kappa shape index (κ3) is 2.69. The number of aryl methyl sites for hydroxylation is 2. The standard InChI is InChI=1S/C12H19N3O3/c1-5-10-9(6-14(4)13-10)11(12(17)18)15(7-16)8(2)3/h6-8,11H,5H2,1-4H3,(H,17,18). The third-order valence-corrected chi connectivity index (χ3v) is 2.82. The van der Waals surface area contributed by atoms with Gasteiger partial charge in [0.2, 0.25) is 6.41 Å². The van der Waals surface area contributed by atoms with E-state index in [2.05, 4.69) is 5.10 Å². The number of aromatic nitrogens is 2. The van der Waals surface area contributed by atoms with E-state index in [-0.39, 0.29) is 6.04 Å². The van der Waals surface area contributed by atoms with Crippen LogP contribution in [0.3, 0.4) is 0 Å². The summed E-state index contributed by atoms with van der Waals surface area (Å²) in [7, 11) is 1.74. The SMILES string of the molecule is CCc1nn(C)cc1C(C(=O)O)N(C=O)C(C)C. The Hall–Kier alpha value is -1.85. The second kappa shape index (κ2) is 5.66. The molecule has 0 spiro atoms. The first-order valence-corrected chi connectivity index (χ1v) is 5.90. The van der Waals surface area contributed by atoms with Crippen LogP contribution in [0.5, 0.6) is 0 Å². The topological polar surface area (TPSA) is 75.4 Å². The van der Waals surface area contributed by atoms with Gasteiger partial charge in [0.05, 0.1) is 5.69 Å². The molecule has 1 aromatic rings. The Kier molecular flexibility index (Phi) is 4.47. The zero-order valence-electron chi connectivity index (χ0n) is 11.1. The fraction of sp³-hybridized carbons (Fsp3) is 0.583. The van der Waals surface area contributed by atoms with E-state index in [0.29, 0.717) is 24.1 Å². The average molecular weight is 253 g/mol. The Morgan fingerprint density at radius 1 is 1.61 bits per heavy atom. The summed E-state index contributed by atoms with van der Waals surface area (Å²) in [5.41, 5.74) is 1.28. The maximum absolute atomic E-state index is 11.4. The first-order valence-electron chi connectivity index (χ1n) is 5.90. The molecule has 1 amide bonds. The van der Waals surface area contributed by atoms with E-state index >= 15 is 0 Å². The number of rotatable bonds is 6. The molecule has 0 saturated heterocycles. The van der Waals surface area contributed by atoms with Crippen molar-refractivity contribution in [3.8, 4) is 0 Å². The molecular formula is C12H19N3O3. The molecule has 0 fully saturated rings. The van der Waals surface area contributed by atoms with Crippen molar-refractivity contribution in [3.05, 3.63) is 17.5 Å². The van der Waals surface area contributed by atoms with Crippen LogP contribution >= 0.6 is 0 Å². The lowest BCUT2D eigenvalue weighted by atomic mass is 10.0. The minimum absolute atomic E-state index is 0.187. The first-order chi connectivity index (χ1) is 8.42. The molecule has 0 saturated carbocycles. The predicted octanol–water partition coefficient (Wildman–Crippen LogP) is 0.975. The van der Waals surface area contributed by atoms with Gasteiger partial charge in [0.1, 0.15) is 0 Å². The molecule has 0 aliphatic heterocycles. The Labute approximate surface area is 106 Å². The van der Waals surface area contributed by atoms with Gasteiger partial charge in [-0.2, -0.15) is 5.10 Å². The lowest BCUT2D eigenvalue weighted by Crippen LogP contribution is -2.38. The Balaban J connectivity index is 3.27. The summed E-state index contributed by atoms with van der Waals surface area (Å²) in [5, 5.41) is 13.6. The van der Waals surface area contributed by atoms with Crippen LogP contribution in [0.25, 0.3) is 0 Å². The number of aliphatic carboxylic acids is 1. The van der Waals surface area contributed by atoms with Gasteiger partial charge in [-0.05, 0) is 20.3 Å². The molecule has 1 heterocycles. The number of amides is 1. The highest BCUT2D eigenvalue weighted by atomic mass is 16.4. The van der Waals surface area contributed by atoms with E-state index in [9.17, 15) is 14.7 Å². The van der Waals surface area contributed by atoms with Crippen LogP contribution < -0.4 is 0 Å². The van der Waals surface area contributed by atoms with Gasteiger partial charge < -0.3 is 10.0 Å². The van der Waals surface area contributed by atoms with Gasteiger partial charge in [-0.1, -0.05) is 6.92 Å². The third-order valence-electron chi connectivity index (χ3n) is 2.82. The number of hydrogen-bond acceptors (Lipinski definition) is 3. The molecule has 1 N–H and O–H groups in total. The summed E-state index contributed by atoms with van der Waals surface area (Å²) in [6, 6.07) is -1.17. The molecule has 0 radical (unpaired) electrons. The van der Waals surface area contributed by atoms with E-state index in [1.807, 2.05) is 6.92 Å². The first kappa shape index (κ1) is 14.2. The van der Waals surface area contributed by atoms with Crippen LogP contribution in [0.1, 0.15) is 38.1 Å².